The fraction of sp³-hybridized carbons (Fsp3) is 0.467. The second-order valence-electron chi connectivity index (χ2n) is 5.38. The first-order valence-corrected chi connectivity index (χ1v) is 7.49. The summed E-state index contributed by atoms with van der Waals surface area (Å²) in [4.78, 5) is 0.994. The van der Waals surface area contributed by atoms with Crippen LogP contribution in [0.5, 0.6) is 0 Å². The zero-order valence-corrected chi connectivity index (χ0v) is 13.3. The van der Waals surface area contributed by atoms with Crippen molar-refractivity contribution in [2.24, 2.45) is 0 Å². The topological polar surface area (TPSA) is 37.8 Å². The number of aryl methyl sites for hydroxylation is 2. The molecule has 1 unspecified atom stereocenters. The first kappa shape index (κ1) is 15.1. The Kier molecular flexibility index (Phi) is 4.50. The summed E-state index contributed by atoms with van der Waals surface area (Å²) in [6, 6.07) is 3.38. The highest BCUT2D eigenvalue weighted by Gasteiger charge is 2.25. The highest BCUT2D eigenvalue weighted by atomic mass is 32.1. The molecular weight excluding hydrogens is 273 g/mol. The van der Waals surface area contributed by atoms with Gasteiger partial charge in [0.05, 0.1) is 16.6 Å². The van der Waals surface area contributed by atoms with Gasteiger partial charge in [-0.3, -0.25) is 0 Å². The molecule has 5 heteroatoms. The number of benzene rings is 1. The van der Waals surface area contributed by atoms with E-state index in [4.69, 9.17) is 0 Å². The van der Waals surface area contributed by atoms with Crippen LogP contribution in [0.25, 0.3) is 0 Å². The molecule has 3 nitrogen and oxygen atoms in total. The quantitative estimate of drug-likeness (QED) is 0.933. The molecule has 0 saturated carbocycles. The van der Waals surface area contributed by atoms with E-state index in [2.05, 4.69) is 28.8 Å². The van der Waals surface area contributed by atoms with Gasteiger partial charge >= 0.3 is 0 Å². The number of nitrogens with zero attached hydrogens (tertiary/aromatic N) is 2. The first-order valence-electron chi connectivity index (χ1n) is 6.71. The fourth-order valence-corrected chi connectivity index (χ4v) is 3.43. The van der Waals surface area contributed by atoms with E-state index in [1.165, 1.54) is 11.5 Å². The van der Waals surface area contributed by atoms with Gasteiger partial charge in [0.2, 0.25) is 0 Å². The van der Waals surface area contributed by atoms with Gasteiger partial charge in [0, 0.05) is 5.56 Å². The van der Waals surface area contributed by atoms with Crippen molar-refractivity contribution in [3.63, 3.8) is 0 Å². The molecule has 1 atom stereocenters. The molecule has 108 valence electrons. The van der Waals surface area contributed by atoms with E-state index in [1.807, 2.05) is 27.0 Å². The molecule has 20 heavy (non-hydrogen) atoms. The summed E-state index contributed by atoms with van der Waals surface area (Å²) in [5, 5.41) is 7.40. The molecular formula is C15H20FN3S. The molecule has 1 heterocycles. The van der Waals surface area contributed by atoms with Crippen LogP contribution < -0.4 is 5.32 Å². The van der Waals surface area contributed by atoms with Crippen molar-refractivity contribution < 1.29 is 4.39 Å². The summed E-state index contributed by atoms with van der Waals surface area (Å²) in [5.74, 6) is 0.0957. The second-order valence-corrected chi connectivity index (χ2v) is 6.16. The van der Waals surface area contributed by atoms with Crippen molar-refractivity contribution in [2.75, 3.05) is 7.05 Å². The van der Waals surface area contributed by atoms with Gasteiger partial charge in [0.25, 0.3) is 0 Å². The molecule has 2 rings (SSSR count). The summed E-state index contributed by atoms with van der Waals surface area (Å²) < 4.78 is 18.4. The van der Waals surface area contributed by atoms with E-state index in [1.54, 1.807) is 6.07 Å². The number of rotatable bonds is 4. The van der Waals surface area contributed by atoms with Gasteiger partial charge in [-0.1, -0.05) is 24.4 Å². The zero-order chi connectivity index (χ0) is 14.9. The van der Waals surface area contributed by atoms with Crippen LogP contribution in [-0.2, 0) is 0 Å². The van der Waals surface area contributed by atoms with Gasteiger partial charge in [-0.25, -0.2) is 4.39 Å². The molecule has 0 aliphatic carbocycles. The number of aromatic nitrogens is 2. The molecule has 0 radical (unpaired) electrons. The van der Waals surface area contributed by atoms with Crippen LogP contribution in [0.2, 0.25) is 0 Å². The van der Waals surface area contributed by atoms with Crippen molar-refractivity contribution in [3.05, 3.63) is 45.2 Å². The molecule has 0 bridgehead atoms. The first-order chi connectivity index (χ1) is 9.45. The smallest absolute Gasteiger partial charge is 0.128 e. The van der Waals surface area contributed by atoms with Crippen molar-refractivity contribution in [2.45, 2.75) is 39.7 Å². The molecule has 0 aliphatic heterocycles. The van der Waals surface area contributed by atoms with E-state index in [-0.39, 0.29) is 17.8 Å². The van der Waals surface area contributed by atoms with Crippen LogP contribution in [0, 0.1) is 19.7 Å². The third kappa shape index (κ3) is 2.74. The summed E-state index contributed by atoms with van der Waals surface area (Å²) in [7, 11) is 1.84. The van der Waals surface area contributed by atoms with Gasteiger partial charge in [-0.15, -0.1) is 5.10 Å². The van der Waals surface area contributed by atoms with Crippen molar-refractivity contribution in [1.29, 1.82) is 0 Å². The number of hydrogen-bond acceptors (Lipinski definition) is 4. The Labute approximate surface area is 123 Å². The third-order valence-corrected chi connectivity index (χ3v) is 4.21. The molecule has 1 aromatic carbocycles. The average Bonchev–Trinajstić information content (AvgIpc) is 2.82. The van der Waals surface area contributed by atoms with E-state index in [0.717, 1.165) is 21.7 Å². The van der Waals surface area contributed by atoms with Crippen molar-refractivity contribution in [1.82, 2.24) is 14.9 Å². The van der Waals surface area contributed by atoms with Gasteiger partial charge in [0.1, 0.15) is 5.82 Å². The number of hydrogen-bond donors (Lipinski definition) is 1. The number of halogens is 1. The van der Waals surface area contributed by atoms with Crippen LogP contribution in [0.4, 0.5) is 4.39 Å². The van der Waals surface area contributed by atoms with Crippen molar-refractivity contribution >= 4 is 11.5 Å². The van der Waals surface area contributed by atoms with Crippen LogP contribution in [0.1, 0.15) is 53.1 Å². The van der Waals surface area contributed by atoms with Gasteiger partial charge < -0.3 is 5.32 Å². The van der Waals surface area contributed by atoms with Crippen LogP contribution in [-0.4, -0.2) is 16.6 Å². The van der Waals surface area contributed by atoms with Gasteiger partial charge in [0.15, 0.2) is 0 Å². The SMILES string of the molecule is CNC(c1snnc1C(C)C)c1c(C)cc(C)cc1F. The highest BCUT2D eigenvalue weighted by Crippen LogP contribution is 2.33. The Hall–Kier alpha value is -1.33. The van der Waals surface area contributed by atoms with E-state index in [9.17, 15) is 4.39 Å². The maximum Gasteiger partial charge on any atom is 0.128 e. The lowest BCUT2D eigenvalue weighted by molar-refractivity contribution is 0.571. The summed E-state index contributed by atoms with van der Waals surface area (Å²) in [5.41, 5.74) is 3.51. The minimum absolute atomic E-state index is 0.176. The second kappa shape index (κ2) is 5.97. The molecule has 0 fully saturated rings. The Morgan fingerprint density at radius 3 is 2.50 bits per heavy atom. The van der Waals surface area contributed by atoms with Crippen LogP contribution in [0.3, 0.4) is 0 Å². The van der Waals surface area contributed by atoms with Crippen LogP contribution in [0.15, 0.2) is 12.1 Å². The molecule has 0 aliphatic rings. The Balaban J connectivity index is 2.56. The van der Waals surface area contributed by atoms with E-state index >= 15 is 0 Å². The molecule has 0 saturated heterocycles. The standard InChI is InChI=1S/C15H20FN3S/c1-8(2)13-15(20-19-18-13)14(17-5)12-10(4)6-9(3)7-11(12)16/h6-8,14,17H,1-5H3. The predicted octanol–water partition coefficient (Wildman–Crippen LogP) is 3.73. The average molecular weight is 293 g/mol. The van der Waals surface area contributed by atoms with E-state index in [0.29, 0.717) is 5.56 Å². The summed E-state index contributed by atoms with van der Waals surface area (Å²) in [6.07, 6.45) is 0. The third-order valence-electron chi connectivity index (χ3n) is 3.41. The Morgan fingerprint density at radius 1 is 1.25 bits per heavy atom. The van der Waals surface area contributed by atoms with Gasteiger partial charge in [-0.05, 0) is 55.5 Å². The maximum absolute atomic E-state index is 14.4. The van der Waals surface area contributed by atoms with Crippen molar-refractivity contribution in [3.8, 4) is 0 Å². The molecule has 1 N–H and O–H groups in total. The minimum Gasteiger partial charge on any atom is -0.308 e. The number of nitrogens with one attached hydrogen (secondary N) is 1. The van der Waals surface area contributed by atoms with Crippen LogP contribution >= 0.6 is 11.5 Å². The normalized spacial score (nSPS) is 12.9. The molecule has 1 aromatic heterocycles. The lowest BCUT2D eigenvalue weighted by Gasteiger charge is -2.20. The molecule has 2 aromatic rings. The minimum atomic E-state index is -0.201. The lowest BCUT2D eigenvalue weighted by Crippen LogP contribution is -2.21. The largest absolute Gasteiger partial charge is 0.308 e. The monoisotopic (exact) mass is 293 g/mol. The Bertz CT molecular complexity index is 584. The highest BCUT2D eigenvalue weighted by molar-refractivity contribution is 7.05. The van der Waals surface area contributed by atoms with E-state index < -0.39 is 0 Å². The molecule has 0 spiro atoms. The van der Waals surface area contributed by atoms with Gasteiger partial charge in [-0.2, -0.15) is 0 Å². The summed E-state index contributed by atoms with van der Waals surface area (Å²) >= 11 is 1.34. The summed E-state index contributed by atoms with van der Waals surface area (Å²) in [6.45, 7) is 8.00. The fourth-order valence-electron chi connectivity index (χ4n) is 2.50. The lowest BCUT2D eigenvalue weighted by atomic mass is 9.95. The predicted molar refractivity (Wildman–Crippen MR) is 80.8 cm³/mol. The zero-order valence-electron chi connectivity index (χ0n) is 12.5. The molecule has 0 amide bonds. The Morgan fingerprint density at radius 2 is 1.95 bits per heavy atom. The maximum atomic E-state index is 14.4.